The number of hydrogen-bond acceptors (Lipinski definition) is 4. The second-order valence-electron chi connectivity index (χ2n) is 7.85. The predicted octanol–water partition coefficient (Wildman–Crippen LogP) is 3.55. The van der Waals surface area contributed by atoms with E-state index in [2.05, 4.69) is 32.8 Å². The van der Waals surface area contributed by atoms with Gasteiger partial charge in [0.2, 0.25) is 5.91 Å². The highest BCUT2D eigenvalue weighted by Crippen LogP contribution is 2.36. The molecule has 1 aliphatic heterocycles. The molecule has 0 saturated carbocycles. The Kier molecular flexibility index (Phi) is 6.23. The van der Waals surface area contributed by atoms with Crippen LogP contribution in [-0.4, -0.2) is 49.1 Å². The molecule has 1 aromatic heterocycles. The van der Waals surface area contributed by atoms with Gasteiger partial charge in [0.25, 0.3) is 0 Å². The molecule has 3 N–H and O–H groups in total. The number of rotatable bonds is 5. The average molecular weight is 421 g/mol. The summed E-state index contributed by atoms with van der Waals surface area (Å²) in [5.74, 6) is 0.942. The number of likely N-dealkylation sites (tertiary alicyclic amines) is 1. The molecule has 1 fully saturated rings. The van der Waals surface area contributed by atoms with Gasteiger partial charge >= 0.3 is 6.03 Å². The van der Waals surface area contributed by atoms with Gasteiger partial charge in [-0.3, -0.25) is 15.0 Å². The number of amides is 3. The highest BCUT2D eigenvalue weighted by atomic mass is 16.5. The van der Waals surface area contributed by atoms with Gasteiger partial charge in [0, 0.05) is 24.1 Å². The summed E-state index contributed by atoms with van der Waals surface area (Å²) in [7, 11) is 3.18. The van der Waals surface area contributed by atoms with Gasteiger partial charge < -0.3 is 15.0 Å². The van der Waals surface area contributed by atoms with E-state index in [9.17, 15) is 9.59 Å². The van der Waals surface area contributed by atoms with E-state index in [0.29, 0.717) is 5.92 Å². The summed E-state index contributed by atoms with van der Waals surface area (Å²) in [5.41, 5.74) is 3.28. The number of carbonyl (C=O) groups excluding carboxylic acids is 2. The van der Waals surface area contributed by atoms with Crippen molar-refractivity contribution in [1.29, 1.82) is 0 Å². The van der Waals surface area contributed by atoms with Crippen LogP contribution in [0.2, 0.25) is 0 Å². The normalized spacial score (nSPS) is 16.1. The number of aromatic amines is 1. The first-order chi connectivity index (χ1) is 15.1. The summed E-state index contributed by atoms with van der Waals surface area (Å²) in [4.78, 5) is 30.2. The molecule has 2 aromatic carbocycles. The fraction of sp³-hybridized carbons (Fsp3) is 0.333. The van der Waals surface area contributed by atoms with E-state index in [-0.39, 0.29) is 5.91 Å². The fourth-order valence-electron chi connectivity index (χ4n) is 4.46. The number of nitrogens with one attached hydrogen (secondary N) is 3. The maximum absolute atomic E-state index is 12.9. The number of hydrogen-bond donors (Lipinski definition) is 3. The second kappa shape index (κ2) is 9.22. The summed E-state index contributed by atoms with van der Waals surface area (Å²) >= 11 is 0. The van der Waals surface area contributed by atoms with Crippen molar-refractivity contribution in [3.63, 3.8) is 0 Å². The van der Waals surface area contributed by atoms with Crippen LogP contribution in [0.1, 0.15) is 35.9 Å². The molecular formula is C24H28N4O3. The quantitative estimate of drug-likeness (QED) is 0.589. The van der Waals surface area contributed by atoms with E-state index >= 15 is 0 Å². The lowest BCUT2D eigenvalue weighted by Gasteiger charge is -2.37. The SMILES string of the molecule is CNC(=O)NC(=O)C(c1ccccc1)N1CCC(c2c[nH]c3ccc(OC)cc23)CC1. The summed E-state index contributed by atoms with van der Waals surface area (Å²) in [5, 5.41) is 6.10. The number of benzene rings is 2. The van der Waals surface area contributed by atoms with Crippen LogP contribution in [0.3, 0.4) is 0 Å². The number of urea groups is 1. The van der Waals surface area contributed by atoms with E-state index in [1.165, 1.54) is 18.0 Å². The number of nitrogens with zero attached hydrogens (tertiary/aromatic N) is 1. The smallest absolute Gasteiger partial charge is 0.321 e. The topological polar surface area (TPSA) is 86.5 Å². The minimum atomic E-state index is -0.498. The second-order valence-corrected chi connectivity index (χ2v) is 7.85. The Morgan fingerprint density at radius 3 is 2.55 bits per heavy atom. The van der Waals surface area contributed by atoms with Crippen molar-refractivity contribution in [2.45, 2.75) is 24.8 Å². The lowest BCUT2D eigenvalue weighted by molar-refractivity contribution is -0.126. The molecule has 0 bridgehead atoms. The standard InChI is InChI=1S/C24H28N4O3/c1-25-24(30)27-23(29)22(17-6-4-3-5-7-17)28-12-10-16(11-13-28)20-15-26-21-9-8-18(31-2)14-19(20)21/h3-9,14-16,22,26H,10-13H2,1-2H3,(H2,25,27,29,30). The first-order valence-corrected chi connectivity index (χ1v) is 10.6. The van der Waals surface area contributed by atoms with E-state index in [0.717, 1.165) is 42.8 Å². The van der Waals surface area contributed by atoms with Crippen molar-refractivity contribution < 1.29 is 14.3 Å². The van der Waals surface area contributed by atoms with Gasteiger partial charge in [-0.05, 0) is 61.2 Å². The minimum Gasteiger partial charge on any atom is -0.497 e. The zero-order valence-electron chi connectivity index (χ0n) is 17.9. The Balaban J connectivity index is 1.53. The Bertz CT molecular complexity index is 1060. The largest absolute Gasteiger partial charge is 0.497 e. The van der Waals surface area contributed by atoms with E-state index in [1.807, 2.05) is 42.5 Å². The molecule has 2 heterocycles. The van der Waals surface area contributed by atoms with Crippen LogP contribution < -0.4 is 15.4 Å². The van der Waals surface area contributed by atoms with Gasteiger partial charge in [0.05, 0.1) is 7.11 Å². The van der Waals surface area contributed by atoms with Crippen LogP contribution in [0, 0.1) is 0 Å². The summed E-state index contributed by atoms with van der Waals surface area (Å²) in [6.07, 6.45) is 3.96. The molecule has 0 aliphatic carbocycles. The predicted molar refractivity (Wildman–Crippen MR) is 120 cm³/mol. The van der Waals surface area contributed by atoms with Crippen molar-refractivity contribution in [2.75, 3.05) is 27.2 Å². The zero-order chi connectivity index (χ0) is 21.8. The third-order valence-corrected chi connectivity index (χ3v) is 6.08. The van der Waals surface area contributed by atoms with Crippen LogP contribution in [0.25, 0.3) is 10.9 Å². The van der Waals surface area contributed by atoms with Crippen molar-refractivity contribution in [2.24, 2.45) is 0 Å². The number of carbonyl (C=O) groups is 2. The average Bonchev–Trinajstić information content (AvgIpc) is 3.23. The summed E-state index contributed by atoms with van der Waals surface area (Å²) < 4.78 is 5.40. The monoisotopic (exact) mass is 420 g/mol. The summed E-state index contributed by atoms with van der Waals surface area (Å²) in [6.45, 7) is 1.53. The molecule has 7 heteroatoms. The van der Waals surface area contributed by atoms with Crippen molar-refractivity contribution in [3.8, 4) is 5.75 Å². The van der Waals surface area contributed by atoms with E-state index < -0.39 is 12.1 Å². The van der Waals surface area contributed by atoms with Crippen LogP contribution in [0.5, 0.6) is 5.75 Å². The highest BCUT2D eigenvalue weighted by Gasteiger charge is 2.32. The van der Waals surface area contributed by atoms with Gasteiger partial charge in [-0.1, -0.05) is 30.3 Å². The van der Waals surface area contributed by atoms with Gasteiger partial charge in [-0.15, -0.1) is 0 Å². The third-order valence-electron chi connectivity index (χ3n) is 6.08. The Labute approximate surface area is 181 Å². The number of H-pyrrole nitrogens is 1. The number of ether oxygens (including phenoxy) is 1. The van der Waals surface area contributed by atoms with Crippen LogP contribution in [-0.2, 0) is 4.79 Å². The Morgan fingerprint density at radius 2 is 1.87 bits per heavy atom. The lowest BCUT2D eigenvalue weighted by atomic mass is 9.88. The Hall–Kier alpha value is -3.32. The molecular weight excluding hydrogens is 392 g/mol. The molecule has 4 rings (SSSR count). The van der Waals surface area contributed by atoms with E-state index in [4.69, 9.17) is 4.74 Å². The third kappa shape index (κ3) is 4.41. The van der Waals surface area contributed by atoms with Crippen LogP contribution in [0.4, 0.5) is 4.79 Å². The molecule has 31 heavy (non-hydrogen) atoms. The number of piperidine rings is 1. The van der Waals surface area contributed by atoms with Gasteiger partial charge in [0.15, 0.2) is 0 Å². The lowest BCUT2D eigenvalue weighted by Crippen LogP contribution is -2.47. The van der Waals surface area contributed by atoms with Gasteiger partial charge in [0.1, 0.15) is 11.8 Å². The number of aromatic nitrogens is 1. The number of fused-ring (bicyclic) bond motifs is 1. The molecule has 1 saturated heterocycles. The minimum absolute atomic E-state index is 0.305. The van der Waals surface area contributed by atoms with Crippen molar-refractivity contribution >= 4 is 22.8 Å². The van der Waals surface area contributed by atoms with E-state index in [1.54, 1.807) is 7.11 Å². The maximum Gasteiger partial charge on any atom is 0.321 e. The molecule has 1 unspecified atom stereocenters. The maximum atomic E-state index is 12.9. The fourth-order valence-corrected chi connectivity index (χ4v) is 4.46. The van der Waals surface area contributed by atoms with Crippen LogP contribution in [0.15, 0.2) is 54.7 Å². The molecule has 1 aliphatic rings. The van der Waals surface area contributed by atoms with Crippen molar-refractivity contribution in [3.05, 3.63) is 65.9 Å². The zero-order valence-corrected chi connectivity index (χ0v) is 17.9. The first kappa shape index (κ1) is 20.9. The molecule has 7 nitrogen and oxygen atoms in total. The van der Waals surface area contributed by atoms with Crippen LogP contribution >= 0.6 is 0 Å². The molecule has 0 radical (unpaired) electrons. The first-order valence-electron chi connectivity index (χ1n) is 10.6. The van der Waals surface area contributed by atoms with Crippen molar-refractivity contribution in [1.82, 2.24) is 20.5 Å². The number of methoxy groups -OCH3 is 1. The van der Waals surface area contributed by atoms with Gasteiger partial charge in [-0.25, -0.2) is 4.79 Å². The number of imide groups is 1. The molecule has 0 spiro atoms. The summed E-state index contributed by atoms with van der Waals surface area (Å²) in [6, 6.07) is 14.7. The highest BCUT2D eigenvalue weighted by molar-refractivity contribution is 5.97. The molecule has 162 valence electrons. The molecule has 1 atom stereocenters. The molecule has 3 amide bonds. The Morgan fingerprint density at radius 1 is 1.13 bits per heavy atom. The molecule has 3 aromatic rings. The van der Waals surface area contributed by atoms with Gasteiger partial charge in [-0.2, -0.15) is 0 Å².